The number of nitrogens with one attached hydrogen (secondary N) is 1. The summed E-state index contributed by atoms with van der Waals surface area (Å²) in [6.45, 7) is 0. The topological polar surface area (TPSA) is 89.0 Å². The van der Waals surface area contributed by atoms with Gasteiger partial charge in [0.05, 0.1) is 32.9 Å². The van der Waals surface area contributed by atoms with Crippen molar-refractivity contribution >= 4 is 50.1 Å². The molecular weight excluding hydrogens is 466 g/mol. The van der Waals surface area contributed by atoms with Gasteiger partial charge in [-0.2, -0.15) is 0 Å². The van der Waals surface area contributed by atoms with Crippen LogP contribution in [0.5, 0.6) is 0 Å². The molecule has 2 aromatic heterocycles. The number of carbonyl (C=O) groups excluding carboxylic acids is 1. The van der Waals surface area contributed by atoms with Crippen LogP contribution in [-0.2, 0) is 14.6 Å². The van der Waals surface area contributed by atoms with Gasteiger partial charge in [-0.15, -0.1) is 11.3 Å². The van der Waals surface area contributed by atoms with Crippen LogP contribution in [0.3, 0.4) is 0 Å². The number of nitrogens with zero attached hydrogens (tertiary/aromatic N) is 2. The molecule has 0 aliphatic heterocycles. The van der Waals surface area contributed by atoms with E-state index in [4.69, 9.17) is 11.6 Å². The molecule has 9 heteroatoms. The normalized spacial score (nSPS) is 15.1. The van der Waals surface area contributed by atoms with Crippen molar-refractivity contribution in [3.8, 4) is 10.6 Å². The number of anilines is 1. The first kappa shape index (κ1) is 22.6. The second-order valence-electron chi connectivity index (χ2n) is 7.76. The van der Waals surface area contributed by atoms with E-state index in [1.54, 1.807) is 23.6 Å². The first-order valence-electron chi connectivity index (χ1n) is 10.2. The number of halogens is 1. The average molecular weight is 488 g/mol. The summed E-state index contributed by atoms with van der Waals surface area (Å²) >= 11 is 7.81. The standard InChI is InChI=1S/C23H22ClN3O3S2/c1-32(29,30)21-9-8-16(12-18(21)24)17(11-15-5-2-3-6-15)23(28)27-22-14-25-19(13-26-22)20-7-4-10-31-20/h4,7-15H,2-3,5-6H2,1H3,(H,26,27,28)/b17-11+. The second-order valence-corrected chi connectivity index (χ2v) is 11.1. The fourth-order valence-electron chi connectivity index (χ4n) is 3.76. The minimum atomic E-state index is -3.46. The molecule has 1 aromatic carbocycles. The molecule has 0 spiro atoms. The van der Waals surface area contributed by atoms with Crippen LogP contribution in [0.15, 0.2) is 59.1 Å². The number of amides is 1. The smallest absolute Gasteiger partial charge is 0.257 e. The highest BCUT2D eigenvalue weighted by atomic mass is 35.5. The van der Waals surface area contributed by atoms with E-state index in [0.717, 1.165) is 42.5 Å². The molecule has 1 aliphatic carbocycles. The van der Waals surface area contributed by atoms with Crippen molar-refractivity contribution in [2.24, 2.45) is 5.92 Å². The molecule has 0 atom stereocenters. The van der Waals surface area contributed by atoms with E-state index in [1.165, 1.54) is 18.3 Å². The minimum Gasteiger partial charge on any atom is -0.305 e. The molecule has 4 rings (SSSR count). The van der Waals surface area contributed by atoms with E-state index in [0.29, 0.717) is 17.0 Å². The third kappa shape index (κ3) is 5.26. The Morgan fingerprint density at radius 1 is 1.19 bits per heavy atom. The monoisotopic (exact) mass is 487 g/mol. The lowest BCUT2D eigenvalue weighted by atomic mass is 9.98. The van der Waals surface area contributed by atoms with Crippen LogP contribution in [0.2, 0.25) is 5.02 Å². The molecule has 1 fully saturated rings. The number of hydrogen-bond donors (Lipinski definition) is 1. The maximum atomic E-state index is 13.2. The van der Waals surface area contributed by atoms with Crippen LogP contribution in [0.1, 0.15) is 31.2 Å². The maximum Gasteiger partial charge on any atom is 0.257 e. The third-order valence-corrected chi connectivity index (χ3v) is 7.83. The Balaban J connectivity index is 1.62. The largest absolute Gasteiger partial charge is 0.305 e. The zero-order chi connectivity index (χ0) is 22.7. The number of sulfone groups is 1. The summed E-state index contributed by atoms with van der Waals surface area (Å²) in [5.41, 5.74) is 1.75. The summed E-state index contributed by atoms with van der Waals surface area (Å²) in [5.74, 6) is 0.293. The zero-order valence-corrected chi connectivity index (χ0v) is 19.8. The molecule has 1 aliphatic rings. The number of benzene rings is 1. The van der Waals surface area contributed by atoms with Crippen molar-refractivity contribution in [2.45, 2.75) is 30.6 Å². The molecule has 32 heavy (non-hydrogen) atoms. The van der Waals surface area contributed by atoms with Crippen LogP contribution in [-0.4, -0.2) is 30.5 Å². The predicted octanol–water partition coefficient (Wildman–Crippen LogP) is 5.47. The van der Waals surface area contributed by atoms with E-state index in [9.17, 15) is 13.2 Å². The molecule has 2 heterocycles. The molecule has 3 aromatic rings. The number of thiophene rings is 1. The van der Waals surface area contributed by atoms with E-state index < -0.39 is 9.84 Å². The SMILES string of the molecule is CS(=O)(=O)c1ccc(/C(=C\C2CCCC2)C(=O)Nc2cnc(-c3cccs3)cn2)cc1Cl. The van der Waals surface area contributed by atoms with Gasteiger partial charge in [0.15, 0.2) is 15.7 Å². The Morgan fingerprint density at radius 3 is 2.56 bits per heavy atom. The van der Waals surface area contributed by atoms with Crippen molar-refractivity contribution in [1.29, 1.82) is 0 Å². The Bertz CT molecular complexity index is 1250. The molecule has 0 unspecified atom stereocenters. The fraction of sp³-hybridized carbons (Fsp3) is 0.261. The van der Waals surface area contributed by atoms with E-state index in [-0.39, 0.29) is 21.7 Å². The summed E-state index contributed by atoms with van der Waals surface area (Å²) in [6.07, 6.45) is 10.5. The summed E-state index contributed by atoms with van der Waals surface area (Å²) in [6, 6.07) is 8.49. The van der Waals surface area contributed by atoms with Crippen LogP contribution < -0.4 is 5.32 Å². The van der Waals surface area contributed by atoms with Crippen molar-refractivity contribution in [2.75, 3.05) is 11.6 Å². The van der Waals surface area contributed by atoms with Gasteiger partial charge in [-0.1, -0.05) is 42.7 Å². The van der Waals surface area contributed by atoms with Gasteiger partial charge in [-0.05, 0) is 47.9 Å². The van der Waals surface area contributed by atoms with Crippen LogP contribution in [0.4, 0.5) is 5.82 Å². The summed E-state index contributed by atoms with van der Waals surface area (Å²) < 4.78 is 23.8. The van der Waals surface area contributed by atoms with Crippen molar-refractivity contribution in [3.63, 3.8) is 0 Å². The predicted molar refractivity (Wildman–Crippen MR) is 128 cm³/mol. The lowest BCUT2D eigenvalue weighted by molar-refractivity contribution is -0.111. The highest BCUT2D eigenvalue weighted by Gasteiger charge is 2.21. The third-order valence-electron chi connectivity index (χ3n) is 5.36. The summed E-state index contributed by atoms with van der Waals surface area (Å²) in [7, 11) is -3.46. The lowest BCUT2D eigenvalue weighted by Crippen LogP contribution is -2.16. The van der Waals surface area contributed by atoms with Gasteiger partial charge >= 0.3 is 0 Å². The molecule has 166 valence electrons. The molecule has 1 amide bonds. The van der Waals surface area contributed by atoms with E-state index in [1.807, 2.05) is 23.6 Å². The first-order chi connectivity index (χ1) is 15.3. The molecule has 1 N–H and O–H groups in total. The Hall–Kier alpha value is -2.55. The lowest BCUT2D eigenvalue weighted by Gasteiger charge is -2.13. The van der Waals surface area contributed by atoms with Gasteiger partial charge < -0.3 is 5.32 Å². The second kappa shape index (κ2) is 9.52. The van der Waals surface area contributed by atoms with Gasteiger partial charge in [0.25, 0.3) is 5.91 Å². The molecular formula is C23H22ClN3O3S2. The van der Waals surface area contributed by atoms with Gasteiger partial charge in [-0.25, -0.2) is 18.4 Å². The van der Waals surface area contributed by atoms with Gasteiger partial charge in [0.2, 0.25) is 0 Å². The molecule has 0 bridgehead atoms. The maximum absolute atomic E-state index is 13.2. The Morgan fingerprint density at radius 2 is 1.97 bits per heavy atom. The van der Waals surface area contributed by atoms with Crippen molar-refractivity contribution in [3.05, 3.63) is 64.8 Å². The molecule has 0 saturated heterocycles. The fourth-order valence-corrected chi connectivity index (χ4v) is 5.78. The van der Waals surface area contributed by atoms with Crippen LogP contribution >= 0.6 is 22.9 Å². The minimum absolute atomic E-state index is 0.0403. The molecule has 0 radical (unpaired) electrons. The van der Waals surface area contributed by atoms with Gasteiger partial charge in [0.1, 0.15) is 0 Å². The quantitative estimate of drug-likeness (QED) is 0.465. The highest BCUT2D eigenvalue weighted by molar-refractivity contribution is 7.90. The average Bonchev–Trinajstić information content (AvgIpc) is 3.46. The first-order valence-corrected chi connectivity index (χ1v) is 13.4. The summed E-state index contributed by atoms with van der Waals surface area (Å²) in [4.78, 5) is 23.0. The van der Waals surface area contributed by atoms with E-state index >= 15 is 0 Å². The molecule has 1 saturated carbocycles. The van der Waals surface area contributed by atoms with Gasteiger partial charge in [-0.3, -0.25) is 4.79 Å². The number of allylic oxidation sites excluding steroid dienone is 1. The summed E-state index contributed by atoms with van der Waals surface area (Å²) in [5, 5.41) is 4.87. The van der Waals surface area contributed by atoms with Crippen LogP contribution in [0, 0.1) is 5.92 Å². The van der Waals surface area contributed by atoms with E-state index in [2.05, 4.69) is 15.3 Å². The van der Waals surface area contributed by atoms with Crippen molar-refractivity contribution in [1.82, 2.24) is 9.97 Å². The highest BCUT2D eigenvalue weighted by Crippen LogP contribution is 2.32. The number of carbonyl (C=O) groups is 1. The number of aromatic nitrogens is 2. The zero-order valence-electron chi connectivity index (χ0n) is 17.4. The Kier molecular flexibility index (Phi) is 6.74. The van der Waals surface area contributed by atoms with Crippen LogP contribution in [0.25, 0.3) is 16.1 Å². The van der Waals surface area contributed by atoms with Crippen molar-refractivity contribution < 1.29 is 13.2 Å². The number of hydrogen-bond acceptors (Lipinski definition) is 6. The molecule has 6 nitrogen and oxygen atoms in total. The number of rotatable bonds is 6. The van der Waals surface area contributed by atoms with Gasteiger partial charge in [0, 0.05) is 11.8 Å². The Labute approximate surface area is 196 Å².